The average Bonchev–Trinajstić information content (AvgIpc) is 2.84. The van der Waals surface area contributed by atoms with Crippen LogP contribution in [-0.2, 0) is 0 Å². The summed E-state index contributed by atoms with van der Waals surface area (Å²) >= 11 is 1.29. The second-order valence-electron chi connectivity index (χ2n) is 4.86. The number of oxazole rings is 1. The summed E-state index contributed by atoms with van der Waals surface area (Å²) < 4.78 is 19.3. The topological polar surface area (TPSA) is 46.3 Å². The molecule has 108 valence electrons. The quantitative estimate of drug-likeness (QED) is 0.775. The molecule has 0 bridgehead atoms. The number of aryl methyl sites for hydroxylation is 1. The van der Waals surface area contributed by atoms with Crippen molar-refractivity contribution in [2.75, 3.05) is 0 Å². The lowest BCUT2D eigenvalue weighted by atomic mass is 10.1. The van der Waals surface area contributed by atoms with E-state index in [9.17, 15) is 9.50 Å². The zero-order chi connectivity index (χ0) is 15.0. The maximum absolute atomic E-state index is 13.7. The molecule has 1 atom stereocenters. The van der Waals surface area contributed by atoms with Gasteiger partial charge in [-0.05, 0) is 61.0 Å². The van der Waals surface area contributed by atoms with Gasteiger partial charge in [0.25, 0.3) is 5.22 Å². The highest BCUT2D eigenvalue weighted by Gasteiger charge is 2.15. The number of rotatable bonds is 3. The third kappa shape index (κ3) is 2.80. The van der Waals surface area contributed by atoms with E-state index in [2.05, 4.69) is 4.98 Å². The van der Waals surface area contributed by atoms with E-state index in [0.717, 1.165) is 10.4 Å². The predicted molar refractivity (Wildman–Crippen MR) is 79.9 cm³/mol. The normalized spacial score (nSPS) is 12.8. The van der Waals surface area contributed by atoms with Crippen molar-refractivity contribution in [2.24, 2.45) is 0 Å². The summed E-state index contributed by atoms with van der Waals surface area (Å²) in [5.41, 5.74) is 2.54. The molecule has 3 aromatic rings. The van der Waals surface area contributed by atoms with Gasteiger partial charge in [-0.1, -0.05) is 12.1 Å². The van der Waals surface area contributed by atoms with Crippen molar-refractivity contribution in [3.05, 3.63) is 53.3 Å². The number of para-hydroxylation sites is 2. The third-order valence-electron chi connectivity index (χ3n) is 3.21. The lowest BCUT2D eigenvalue weighted by Gasteiger charge is -2.11. The van der Waals surface area contributed by atoms with Crippen LogP contribution in [0.5, 0.6) is 0 Å². The van der Waals surface area contributed by atoms with Crippen LogP contribution in [0.1, 0.15) is 24.2 Å². The van der Waals surface area contributed by atoms with Gasteiger partial charge in [0.05, 0.1) is 6.10 Å². The first-order chi connectivity index (χ1) is 10.0. The minimum absolute atomic E-state index is 0.326. The summed E-state index contributed by atoms with van der Waals surface area (Å²) in [4.78, 5) is 5.13. The van der Waals surface area contributed by atoms with E-state index in [4.69, 9.17) is 4.42 Å². The number of aliphatic hydroxyl groups excluding tert-OH is 1. The molecule has 0 spiro atoms. The lowest BCUT2D eigenvalue weighted by Crippen LogP contribution is -1.97. The minimum atomic E-state index is -0.757. The van der Waals surface area contributed by atoms with Crippen molar-refractivity contribution < 1.29 is 13.9 Å². The number of hydrogen-bond donors (Lipinski definition) is 1. The first-order valence-electron chi connectivity index (χ1n) is 6.56. The molecule has 0 saturated heterocycles. The molecule has 0 aliphatic carbocycles. The zero-order valence-corrected chi connectivity index (χ0v) is 12.4. The first-order valence-corrected chi connectivity index (χ1v) is 7.38. The molecule has 1 aromatic heterocycles. The molecule has 3 rings (SSSR count). The Hall–Kier alpha value is -1.85. The molecule has 0 saturated carbocycles. The number of fused-ring (bicyclic) bond motifs is 1. The molecule has 2 aromatic carbocycles. The summed E-state index contributed by atoms with van der Waals surface area (Å²) in [6.07, 6.45) is -0.757. The number of benzene rings is 2. The van der Waals surface area contributed by atoms with Crippen LogP contribution < -0.4 is 0 Å². The second kappa shape index (κ2) is 5.50. The highest BCUT2D eigenvalue weighted by Crippen LogP contribution is 2.35. The molecule has 1 N–H and O–H groups in total. The number of hydrogen-bond acceptors (Lipinski definition) is 4. The Labute approximate surface area is 125 Å². The standard InChI is InChI=1S/C16H14FNO2S/c1-9-7-15(11(10(2)19)8-12(9)17)21-16-18-13-5-3-4-6-14(13)20-16/h3-8,10,19H,1-2H3/t10-/m1/s1. The molecule has 3 nitrogen and oxygen atoms in total. The van der Waals surface area contributed by atoms with Gasteiger partial charge in [-0.15, -0.1) is 0 Å². The molecule has 0 aliphatic rings. The van der Waals surface area contributed by atoms with Gasteiger partial charge in [0.1, 0.15) is 11.3 Å². The van der Waals surface area contributed by atoms with Crippen LogP contribution in [0, 0.1) is 12.7 Å². The Balaban J connectivity index is 2.02. The number of nitrogens with zero attached hydrogens (tertiary/aromatic N) is 1. The largest absolute Gasteiger partial charge is 0.431 e. The van der Waals surface area contributed by atoms with E-state index in [1.807, 2.05) is 24.3 Å². The van der Waals surface area contributed by atoms with Gasteiger partial charge in [-0.2, -0.15) is 0 Å². The van der Waals surface area contributed by atoms with Crippen molar-refractivity contribution >= 4 is 22.9 Å². The molecule has 0 amide bonds. The van der Waals surface area contributed by atoms with Crippen molar-refractivity contribution in [3.63, 3.8) is 0 Å². The van der Waals surface area contributed by atoms with E-state index >= 15 is 0 Å². The number of halogens is 1. The van der Waals surface area contributed by atoms with Crippen molar-refractivity contribution in [1.29, 1.82) is 0 Å². The maximum Gasteiger partial charge on any atom is 0.261 e. The summed E-state index contributed by atoms with van der Waals surface area (Å²) in [5.74, 6) is -0.326. The second-order valence-corrected chi connectivity index (χ2v) is 5.86. The van der Waals surface area contributed by atoms with Gasteiger partial charge in [0.2, 0.25) is 0 Å². The summed E-state index contributed by atoms with van der Waals surface area (Å²) in [5, 5.41) is 10.3. The Bertz CT molecular complexity index is 765. The van der Waals surface area contributed by atoms with Crippen molar-refractivity contribution in [3.8, 4) is 0 Å². The Morgan fingerprint density at radius 2 is 2.05 bits per heavy atom. The Morgan fingerprint density at radius 1 is 1.29 bits per heavy atom. The van der Waals surface area contributed by atoms with E-state index in [-0.39, 0.29) is 5.82 Å². The zero-order valence-electron chi connectivity index (χ0n) is 11.6. The van der Waals surface area contributed by atoms with Gasteiger partial charge >= 0.3 is 0 Å². The monoisotopic (exact) mass is 303 g/mol. The molecular weight excluding hydrogens is 289 g/mol. The van der Waals surface area contributed by atoms with Crippen LogP contribution >= 0.6 is 11.8 Å². The van der Waals surface area contributed by atoms with Crippen LogP contribution in [0.4, 0.5) is 4.39 Å². The minimum Gasteiger partial charge on any atom is -0.431 e. The Morgan fingerprint density at radius 3 is 2.76 bits per heavy atom. The van der Waals surface area contributed by atoms with E-state index in [1.165, 1.54) is 17.8 Å². The fourth-order valence-electron chi connectivity index (χ4n) is 2.07. The summed E-state index contributed by atoms with van der Waals surface area (Å²) in [6.45, 7) is 3.30. The van der Waals surface area contributed by atoms with Crippen LogP contribution in [0.15, 0.2) is 50.9 Å². The number of aromatic nitrogens is 1. The van der Waals surface area contributed by atoms with Crippen LogP contribution in [0.25, 0.3) is 11.1 Å². The van der Waals surface area contributed by atoms with Crippen LogP contribution in [0.3, 0.4) is 0 Å². The summed E-state index contributed by atoms with van der Waals surface area (Å²) in [7, 11) is 0. The van der Waals surface area contributed by atoms with Crippen LogP contribution in [-0.4, -0.2) is 10.1 Å². The Kier molecular flexibility index (Phi) is 3.69. The van der Waals surface area contributed by atoms with Crippen molar-refractivity contribution in [2.45, 2.75) is 30.1 Å². The molecule has 0 unspecified atom stereocenters. The fraction of sp³-hybridized carbons (Fsp3) is 0.188. The van der Waals surface area contributed by atoms with Crippen LogP contribution in [0.2, 0.25) is 0 Å². The van der Waals surface area contributed by atoms with Crippen molar-refractivity contribution in [1.82, 2.24) is 4.98 Å². The molecule has 0 fully saturated rings. The molecule has 0 radical (unpaired) electrons. The highest BCUT2D eigenvalue weighted by atomic mass is 32.2. The smallest absolute Gasteiger partial charge is 0.261 e. The maximum atomic E-state index is 13.7. The van der Waals surface area contributed by atoms with Gasteiger partial charge in [0, 0.05) is 4.90 Å². The predicted octanol–water partition coefficient (Wildman–Crippen LogP) is 4.48. The number of aliphatic hydroxyl groups is 1. The van der Waals surface area contributed by atoms with Gasteiger partial charge < -0.3 is 9.52 Å². The van der Waals surface area contributed by atoms with E-state index in [1.54, 1.807) is 19.9 Å². The molecule has 21 heavy (non-hydrogen) atoms. The SMILES string of the molecule is Cc1cc(Sc2nc3ccccc3o2)c([C@@H](C)O)cc1F. The lowest BCUT2D eigenvalue weighted by molar-refractivity contribution is 0.196. The summed E-state index contributed by atoms with van der Waals surface area (Å²) in [6, 6.07) is 10.6. The van der Waals surface area contributed by atoms with Gasteiger partial charge in [-0.3, -0.25) is 0 Å². The van der Waals surface area contributed by atoms with E-state index in [0.29, 0.717) is 21.9 Å². The van der Waals surface area contributed by atoms with E-state index < -0.39 is 6.10 Å². The highest BCUT2D eigenvalue weighted by molar-refractivity contribution is 7.99. The average molecular weight is 303 g/mol. The van der Waals surface area contributed by atoms with Gasteiger partial charge in [-0.25, -0.2) is 9.37 Å². The molecule has 0 aliphatic heterocycles. The fourth-order valence-corrected chi connectivity index (χ4v) is 3.12. The first kappa shape index (κ1) is 14.1. The third-order valence-corrected chi connectivity index (χ3v) is 4.14. The van der Waals surface area contributed by atoms with Gasteiger partial charge in [0.15, 0.2) is 5.58 Å². The molecule has 5 heteroatoms. The molecule has 1 heterocycles. The molecular formula is C16H14FNO2S.